The Hall–Kier alpha value is -0.830. The number of benzene rings is 2. The van der Waals surface area contributed by atoms with Gasteiger partial charge in [0.15, 0.2) is 0 Å². The lowest BCUT2D eigenvalue weighted by molar-refractivity contribution is 0.220. The molecule has 2 rings (SSSR count). The lowest BCUT2D eigenvalue weighted by atomic mass is 9.97. The molecule has 1 atom stereocenters. The third kappa shape index (κ3) is 3.59. The van der Waals surface area contributed by atoms with Crippen LogP contribution in [0.2, 0.25) is 5.02 Å². The first-order valence-corrected chi connectivity index (χ1v) is 7.38. The van der Waals surface area contributed by atoms with Gasteiger partial charge in [-0.2, -0.15) is 0 Å². The summed E-state index contributed by atoms with van der Waals surface area (Å²) in [6, 6.07) is 13.5. The Morgan fingerprint density at radius 2 is 1.53 bits per heavy atom. The molecule has 2 aromatic carbocycles. The molecule has 0 bridgehead atoms. The van der Waals surface area contributed by atoms with Crippen molar-refractivity contribution in [3.63, 3.8) is 0 Å². The third-order valence-electron chi connectivity index (χ3n) is 3.12. The molecule has 2 aromatic rings. The Labute approximate surface area is 127 Å². The summed E-state index contributed by atoms with van der Waals surface area (Å²) in [5.74, 6) is 0.492. The van der Waals surface area contributed by atoms with Gasteiger partial charge in [0.25, 0.3) is 0 Å². The largest absolute Gasteiger partial charge is 0.384 e. The minimum atomic E-state index is -0.656. The minimum absolute atomic E-state index is 0.492. The molecular weight excluding hydrogens is 324 g/mol. The lowest BCUT2D eigenvalue weighted by Crippen LogP contribution is -2.00. The van der Waals surface area contributed by atoms with Gasteiger partial charge in [0.2, 0.25) is 0 Å². The summed E-state index contributed by atoms with van der Waals surface area (Å²) in [6.45, 7) is 4.30. The Morgan fingerprint density at radius 3 is 2.05 bits per heavy atom. The Kier molecular flexibility index (Phi) is 4.67. The van der Waals surface area contributed by atoms with Crippen molar-refractivity contribution in [2.24, 2.45) is 0 Å². The van der Waals surface area contributed by atoms with Crippen LogP contribution in [0.3, 0.4) is 0 Å². The maximum Gasteiger partial charge on any atom is 0.104 e. The van der Waals surface area contributed by atoms with Crippen LogP contribution in [0.1, 0.15) is 42.6 Å². The fraction of sp³-hybridized carbons (Fsp3) is 0.250. The zero-order valence-electron chi connectivity index (χ0n) is 10.9. The van der Waals surface area contributed by atoms with Gasteiger partial charge in [-0.25, -0.2) is 0 Å². The van der Waals surface area contributed by atoms with Crippen molar-refractivity contribution in [1.82, 2.24) is 0 Å². The van der Waals surface area contributed by atoms with Crippen LogP contribution in [0.25, 0.3) is 0 Å². The van der Waals surface area contributed by atoms with Crippen LogP contribution in [0.5, 0.6) is 0 Å². The Morgan fingerprint density at radius 1 is 0.947 bits per heavy atom. The summed E-state index contributed by atoms with van der Waals surface area (Å²) >= 11 is 9.40. The van der Waals surface area contributed by atoms with Crippen LogP contribution in [0.15, 0.2) is 46.9 Å². The van der Waals surface area contributed by atoms with Gasteiger partial charge >= 0.3 is 0 Å². The SMILES string of the molecule is CC(C)c1ccc(C(O)c2cc(Cl)cc(Br)c2)cc1. The van der Waals surface area contributed by atoms with E-state index in [1.54, 1.807) is 12.1 Å². The number of aliphatic hydroxyl groups is 1. The summed E-state index contributed by atoms with van der Waals surface area (Å²) in [7, 11) is 0. The second-order valence-corrected chi connectivity index (χ2v) is 6.28. The summed E-state index contributed by atoms with van der Waals surface area (Å²) in [6.07, 6.45) is -0.656. The number of aliphatic hydroxyl groups excluding tert-OH is 1. The fourth-order valence-corrected chi connectivity index (χ4v) is 2.87. The summed E-state index contributed by atoms with van der Waals surface area (Å²) < 4.78 is 0.868. The normalized spacial score (nSPS) is 12.7. The molecule has 1 N–H and O–H groups in total. The highest BCUT2D eigenvalue weighted by atomic mass is 79.9. The second kappa shape index (κ2) is 6.08. The first kappa shape index (κ1) is 14.6. The molecule has 0 aliphatic rings. The standard InChI is InChI=1S/C16H16BrClO/c1-10(2)11-3-5-12(6-4-11)16(19)13-7-14(17)9-15(18)8-13/h3-10,16,19H,1-2H3. The maximum atomic E-state index is 10.4. The molecule has 0 aliphatic carbocycles. The van der Waals surface area contributed by atoms with E-state index in [0.717, 1.165) is 15.6 Å². The van der Waals surface area contributed by atoms with Gasteiger partial charge in [-0.1, -0.05) is 65.6 Å². The number of halogens is 2. The van der Waals surface area contributed by atoms with Gasteiger partial charge in [-0.15, -0.1) is 0 Å². The van der Waals surface area contributed by atoms with E-state index in [4.69, 9.17) is 11.6 Å². The van der Waals surface area contributed by atoms with Crippen LogP contribution < -0.4 is 0 Å². The Bertz CT molecular complexity index is 543. The number of rotatable bonds is 3. The van der Waals surface area contributed by atoms with Crippen LogP contribution in [0.4, 0.5) is 0 Å². The predicted octanol–water partition coefficient (Wildman–Crippen LogP) is 5.31. The molecule has 0 saturated carbocycles. The van der Waals surface area contributed by atoms with Crippen LogP contribution >= 0.6 is 27.5 Å². The highest BCUT2D eigenvalue weighted by molar-refractivity contribution is 9.10. The second-order valence-electron chi connectivity index (χ2n) is 4.93. The first-order valence-electron chi connectivity index (χ1n) is 6.21. The number of hydrogen-bond acceptors (Lipinski definition) is 1. The van der Waals surface area contributed by atoms with Crippen molar-refractivity contribution >= 4 is 27.5 Å². The molecule has 0 amide bonds. The van der Waals surface area contributed by atoms with Crippen molar-refractivity contribution in [2.45, 2.75) is 25.9 Å². The summed E-state index contributed by atoms with van der Waals surface area (Å²) in [5, 5.41) is 11.0. The molecule has 19 heavy (non-hydrogen) atoms. The van der Waals surface area contributed by atoms with Gasteiger partial charge < -0.3 is 5.11 Å². The molecular formula is C16H16BrClO. The molecule has 1 unspecified atom stereocenters. The zero-order valence-corrected chi connectivity index (χ0v) is 13.2. The fourth-order valence-electron chi connectivity index (χ4n) is 1.99. The van der Waals surface area contributed by atoms with E-state index in [0.29, 0.717) is 10.9 Å². The molecule has 0 aromatic heterocycles. The van der Waals surface area contributed by atoms with Crippen molar-refractivity contribution in [3.8, 4) is 0 Å². The average Bonchev–Trinajstić information content (AvgIpc) is 2.37. The van der Waals surface area contributed by atoms with E-state index in [2.05, 4.69) is 41.9 Å². The van der Waals surface area contributed by atoms with Crippen molar-refractivity contribution in [2.75, 3.05) is 0 Å². The molecule has 3 heteroatoms. The van der Waals surface area contributed by atoms with Gasteiger partial charge in [-0.05, 0) is 40.8 Å². The molecule has 0 fully saturated rings. The van der Waals surface area contributed by atoms with Crippen LogP contribution in [-0.2, 0) is 0 Å². The average molecular weight is 340 g/mol. The third-order valence-corrected chi connectivity index (χ3v) is 3.80. The predicted molar refractivity (Wildman–Crippen MR) is 83.7 cm³/mol. The molecule has 100 valence electrons. The van der Waals surface area contributed by atoms with E-state index in [1.165, 1.54) is 5.56 Å². The zero-order chi connectivity index (χ0) is 14.0. The van der Waals surface area contributed by atoms with E-state index < -0.39 is 6.10 Å². The first-order chi connectivity index (χ1) is 8.97. The molecule has 0 heterocycles. The van der Waals surface area contributed by atoms with E-state index >= 15 is 0 Å². The smallest absolute Gasteiger partial charge is 0.104 e. The Balaban J connectivity index is 2.30. The summed E-state index contributed by atoms with van der Waals surface area (Å²) in [4.78, 5) is 0. The molecule has 0 radical (unpaired) electrons. The van der Waals surface area contributed by atoms with E-state index in [-0.39, 0.29) is 0 Å². The summed E-state index contributed by atoms with van der Waals surface area (Å²) in [5.41, 5.74) is 2.93. The molecule has 1 nitrogen and oxygen atoms in total. The topological polar surface area (TPSA) is 20.2 Å². The minimum Gasteiger partial charge on any atom is -0.384 e. The van der Waals surface area contributed by atoms with E-state index in [1.807, 2.05) is 18.2 Å². The molecule has 0 aliphatic heterocycles. The van der Waals surface area contributed by atoms with Crippen molar-refractivity contribution in [3.05, 3.63) is 68.7 Å². The van der Waals surface area contributed by atoms with Gasteiger partial charge in [0.1, 0.15) is 6.10 Å². The van der Waals surface area contributed by atoms with Crippen molar-refractivity contribution < 1.29 is 5.11 Å². The highest BCUT2D eigenvalue weighted by Crippen LogP contribution is 2.28. The molecule has 0 spiro atoms. The maximum absolute atomic E-state index is 10.4. The van der Waals surface area contributed by atoms with Gasteiger partial charge in [0.05, 0.1) is 0 Å². The van der Waals surface area contributed by atoms with Crippen LogP contribution in [-0.4, -0.2) is 5.11 Å². The lowest BCUT2D eigenvalue weighted by Gasteiger charge is -2.14. The monoisotopic (exact) mass is 338 g/mol. The van der Waals surface area contributed by atoms with E-state index in [9.17, 15) is 5.11 Å². The molecule has 0 saturated heterocycles. The van der Waals surface area contributed by atoms with Crippen LogP contribution in [0, 0.1) is 0 Å². The van der Waals surface area contributed by atoms with Crippen molar-refractivity contribution in [1.29, 1.82) is 0 Å². The highest BCUT2D eigenvalue weighted by Gasteiger charge is 2.12. The number of hydrogen-bond donors (Lipinski definition) is 1. The van der Waals surface area contributed by atoms with Gasteiger partial charge in [-0.3, -0.25) is 0 Å². The quantitative estimate of drug-likeness (QED) is 0.803. The van der Waals surface area contributed by atoms with Gasteiger partial charge in [0, 0.05) is 9.50 Å².